The van der Waals surface area contributed by atoms with E-state index in [1.807, 2.05) is 0 Å². The molecule has 0 saturated carbocycles. The average molecular weight is 410 g/mol. The predicted molar refractivity (Wildman–Crippen MR) is 111 cm³/mol. The molecule has 1 aromatic heterocycles. The van der Waals surface area contributed by atoms with Crippen molar-refractivity contribution in [1.29, 1.82) is 0 Å². The second-order valence-electron chi connectivity index (χ2n) is 6.74. The third-order valence-electron chi connectivity index (χ3n) is 4.54. The zero-order valence-electron chi connectivity index (χ0n) is 17.1. The van der Waals surface area contributed by atoms with Gasteiger partial charge in [-0.05, 0) is 66.9 Å². The van der Waals surface area contributed by atoms with E-state index in [1.165, 1.54) is 7.11 Å². The maximum atomic E-state index is 11.4. The first kappa shape index (κ1) is 20.9. The summed E-state index contributed by atoms with van der Waals surface area (Å²) in [5.41, 5.74) is 3.09. The maximum Gasteiger partial charge on any atom is 0.308 e. The molecule has 0 aliphatic carbocycles. The van der Waals surface area contributed by atoms with Crippen molar-refractivity contribution < 1.29 is 29.0 Å². The minimum atomic E-state index is -1.03. The molecule has 0 saturated heterocycles. The summed E-state index contributed by atoms with van der Waals surface area (Å²) >= 11 is 0. The Morgan fingerprint density at radius 1 is 1.10 bits per heavy atom. The molecular formula is C22H22N2O6. The minimum Gasteiger partial charge on any atom is -0.507 e. The maximum absolute atomic E-state index is 11.4. The van der Waals surface area contributed by atoms with Crippen LogP contribution in [-0.4, -0.2) is 40.5 Å². The quantitative estimate of drug-likeness (QED) is 0.598. The highest BCUT2D eigenvalue weighted by atomic mass is 16.5. The number of carbonyl (C=O) groups is 1. The Balaban J connectivity index is 2.01. The van der Waals surface area contributed by atoms with E-state index < -0.39 is 5.97 Å². The number of carboxylic acid groups (broad SMARTS) is 1. The Hall–Kier alpha value is -3.81. The van der Waals surface area contributed by atoms with E-state index in [2.05, 4.69) is 10.1 Å². The fraction of sp³-hybridized carbons (Fsp3) is 0.227. The van der Waals surface area contributed by atoms with Gasteiger partial charge in [0.05, 0.1) is 20.6 Å². The van der Waals surface area contributed by atoms with E-state index in [0.717, 1.165) is 5.56 Å². The van der Waals surface area contributed by atoms with Crippen LogP contribution >= 0.6 is 0 Å². The molecule has 2 aromatic carbocycles. The number of nitrogens with zero attached hydrogens (tertiary/aromatic N) is 2. The highest BCUT2D eigenvalue weighted by molar-refractivity contribution is 5.89. The van der Waals surface area contributed by atoms with Crippen LogP contribution in [0.1, 0.15) is 29.0 Å². The molecule has 0 aliphatic rings. The number of aliphatic carboxylic acids is 1. The molecule has 0 atom stereocenters. The molecule has 30 heavy (non-hydrogen) atoms. The Labute approximate surface area is 173 Å². The molecule has 0 fully saturated rings. The Morgan fingerprint density at radius 2 is 1.77 bits per heavy atom. The zero-order valence-corrected chi connectivity index (χ0v) is 17.1. The molecule has 3 aromatic rings. The summed E-state index contributed by atoms with van der Waals surface area (Å²) in [5.74, 6) is 0.651. The number of aromatic nitrogens is 2. The van der Waals surface area contributed by atoms with Crippen LogP contribution in [0.25, 0.3) is 23.0 Å². The smallest absolute Gasteiger partial charge is 0.308 e. The summed E-state index contributed by atoms with van der Waals surface area (Å²) in [6.45, 7) is 3.55. The number of ether oxygens (including phenoxy) is 2. The van der Waals surface area contributed by atoms with Crippen LogP contribution in [0.15, 0.2) is 34.9 Å². The SMILES string of the molecule is COc1ccc(-c2noc(/C(=C/c3cc(C)c(O)c(C)c3)CC(=O)O)n2)cc1OC. The van der Waals surface area contributed by atoms with Gasteiger partial charge in [0, 0.05) is 11.1 Å². The Bertz CT molecular complexity index is 1090. The molecular weight excluding hydrogens is 388 g/mol. The number of methoxy groups -OCH3 is 2. The van der Waals surface area contributed by atoms with Crippen LogP contribution in [0.5, 0.6) is 17.2 Å². The summed E-state index contributed by atoms with van der Waals surface area (Å²) in [5, 5.41) is 23.3. The third-order valence-corrected chi connectivity index (χ3v) is 4.54. The number of rotatable bonds is 7. The molecule has 0 aliphatic heterocycles. The summed E-state index contributed by atoms with van der Waals surface area (Å²) < 4.78 is 15.9. The molecule has 8 nitrogen and oxygen atoms in total. The van der Waals surface area contributed by atoms with Crippen LogP contribution < -0.4 is 9.47 Å². The van der Waals surface area contributed by atoms with Gasteiger partial charge in [0.2, 0.25) is 5.82 Å². The van der Waals surface area contributed by atoms with Gasteiger partial charge in [-0.3, -0.25) is 4.79 Å². The number of hydrogen-bond donors (Lipinski definition) is 2. The normalized spacial score (nSPS) is 11.4. The predicted octanol–water partition coefficient (Wildman–Crippen LogP) is 4.09. The zero-order chi connectivity index (χ0) is 21.8. The van der Waals surface area contributed by atoms with Gasteiger partial charge in [-0.1, -0.05) is 5.16 Å². The van der Waals surface area contributed by atoms with Crippen LogP contribution in [0.2, 0.25) is 0 Å². The van der Waals surface area contributed by atoms with Crippen molar-refractivity contribution in [3.8, 4) is 28.6 Å². The number of phenolic OH excluding ortho intramolecular Hbond substituents is 1. The number of aryl methyl sites for hydroxylation is 2. The van der Waals surface area contributed by atoms with Crippen LogP contribution in [0, 0.1) is 13.8 Å². The van der Waals surface area contributed by atoms with E-state index in [0.29, 0.717) is 39.6 Å². The van der Waals surface area contributed by atoms with E-state index in [4.69, 9.17) is 14.0 Å². The monoisotopic (exact) mass is 410 g/mol. The average Bonchev–Trinajstić information content (AvgIpc) is 3.21. The van der Waals surface area contributed by atoms with Crippen molar-refractivity contribution in [2.45, 2.75) is 20.3 Å². The lowest BCUT2D eigenvalue weighted by atomic mass is 10.0. The summed E-state index contributed by atoms with van der Waals surface area (Å²) in [6.07, 6.45) is 1.37. The van der Waals surface area contributed by atoms with Crippen molar-refractivity contribution in [2.75, 3.05) is 14.2 Å². The van der Waals surface area contributed by atoms with E-state index in [9.17, 15) is 15.0 Å². The first-order chi connectivity index (χ1) is 14.3. The van der Waals surface area contributed by atoms with Gasteiger partial charge in [0.25, 0.3) is 5.89 Å². The van der Waals surface area contributed by atoms with E-state index >= 15 is 0 Å². The van der Waals surface area contributed by atoms with Gasteiger partial charge >= 0.3 is 5.97 Å². The largest absolute Gasteiger partial charge is 0.507 e. The van der Waals surface area contributed by atoms with Crippen LogP contribution in [-0.2, 0) is 4.79 Å². The number of hydrogen-bond acceptors (Lipinski definition) is 7. The number of benzene rings is 2. The number of carboxylic acids is 1. The van der Waals surface area contributed by atoms with Crippen LogP contribution in [0.3, 0.4) is 0 Å². The molecule has 0 radical (unpaired) electrons. The molecule has 0 amide bonds. The molecule has 1 heterocycles. The summed E-state index contributed by atoms with van der Waals surface area (Å²) in [7, 11) is 3.07. The van der Waals surface area contributed by atoms with Crippen molar-refractivity contribution >= 4 is 17.6 Å². The standard InChI is InChI=1S/C22H22N2O6/c1-12-7-14(8-13(2)20(12)27)9-16(11-19(25)26)22-23-21(24-30-22)15-5-6-17(28-3)18(10-15)29-4/h5-10,27H,11H2,1-4H3,(H,25,26)/b16-9+. The first-order valence-electron chi connectivity index (χ1n) is 9.11. The summed E-state index contributed by atoms with van der Waals surface area (Å²) in [4.78, 5) is 15.8. The van der Waals surface area contributed by atoms with Crippen LogP contribution in [0.4, 0.5) is 0 Å². The second-order valence-corrected chi connectivity index (χ2v) is 6.74. The third kappa shape index (κ3) is 4.43. The molecule has 0 unspecified atom stereocenters. The van der Waals surface area contributed by atoms with Gasteiger partial charge < -0.3 is 24.2 Å². The second kappa shape index (κ2) is 8.69. The fourth-order valence-electron chi connectivity index (χ4n) is 3.07. The van der Waals surface area contributed by atoms with Crippen molar-refractivity contribution in [1.82, 2.24) is 10.1 Å². The van der Waals surface area contributed by atoms with Gasteiger partial charge in [-0.15, -0.1) is 0 Å². The summed E-state index contributed by atoms with van der Waals surface area (Å²) in [6, 6.07) is 8.70. The van der Waals surface area contributed by atoms with Gasteiger partial charge in [-0.2, -0.15) is 4.98 Å². The molecule has 0 bridgehead atoms. The molecule has 3 rings (SSSR count). The molecule has 8 heteroatoms. The van der Waals surface area contributed by atoms with Crippen molar-refractivity contribution in [3.05, 3.63) is 52.9 Å². The Morgan fingerprint density at radius 3 is 2.37 bits per heavy atom. The Kier molecular flexibility index (Phi) is 6.06. The minimum absolute atomic E-state index is 0.102. The lowest BCUT2D eigenvalue weighted by molar-refractivity contribution is -0.135. The number of aromatic hydroxyl groups is 1. The lowest BCUT2D eigenvalue weighted by Gasteiger charge is -2.07. The number of phenols is 1. The lowest BCUT2D eigenvalue weighted by Crippen LogP contribution is -1.98. The van der Waals surface area contributed by atoms with Crippen molar-refractivity contribution in [2.24, 2.45) is 0 Å². The van der Waals surface area contributed by atoms with E-state index in [-0.39, 0.29) is 18.1 Å². The highest BCUT2D eigenvalue weighted by Gasteiger charge is 2.17. The molecule has 0 spiro atoms. The highest BCUT2D eigenvalue weighted by Crippen LogP contribution is 2.32. The topological polar surface area (TPSA) is 115 Å². The first-order valence-corrected chi connectivity index (χ1v) is 9.11. The van der Waals surface area contributed by atoms with E-state index in [1.54, 1.807) is 57.4 Å². The molecule has 2 N–H and O–H groups in total. The van der Waals surface area contributed by atoms with Gasteiger partial charge in [-0.25, -0.2) is 0 Å². The van der Waals surface area contributed by atoms with Gasteiger partial charge in [0.1, 0.15) is 5.75 Å². The van der Waals surface area contributed by atoms with Crippen molar-refractivity contribution in [3.63, 3.8) is 0 Å². The fourth-order valence-corrected chi connectivity index (χ4v) is 3.07. The molecule has 156 valence electrons. The van der Waals surface area contributed by atoms with Gasteiger partial charge in [0.15, 0.2) is 11.5 Å².